The zero-order valence-corrected chi connectivity index (χ0v) is 16.5. The van der Waals surface area contributed by atoms with Crippen LogP contribution in [0.5, 0.6) is 5.75 Å². The smallest absolute Gasteiger partial charge is 0.307 e. The quantitative estimate of drug-likeness (QED) is 0.598. The maximum atomic E-state index is 11.1. The molecule has 29 heavy (non-hydrogen) atoms. The van der Waals surface area contributed by atoms with E-state index in [1.165, 1.54) is 5.56 Å². The molecule has 0 amide bonds. The fourth-order valence-electron chi connectivity index (χ4n) is 4.38. The number of furan rings is 1. The van der Waals surface area contributed by atoms with Crippen LogP contribution in [0.15, 0.2) is 53.1 Å². The summed E-state index contributed by atoms with van der Waals surface area (Å²) in [7, 11) is 0. The van der Waals surface area contributed by atoms with Gasteiger partial charge in [0, 0.05) is 10.9 Å². The number of hydrogen-bond acceptors (Lipinski definition) is 4. The van der Waals surface area contributed by atoms with E-state index in [1.54, 1.807) is 12.3 Å². The number of fused-ring (bicyclic) bond motifs is 1. The number of carboxylic acid groups (broad SMARTS) is 1. The van der Waals surface area contributed by atoms with Crippen molar-refractivity contribution in [3.8, 4) is 5.75 Å². The maximum Gasteiger partial charge on any atom is 0.307 e. The van der Waals surface area contributed by atoms with E-state index in [0.717, 1.165) is 48.8 Å². The van der Waals surface area contributed by atoms with Gasteiger partial charge in [0.2, 0.25) is 0 Å². The van der Waals surface area contributed by atoms with Gasteiger partial charge in [0.05, 0.1) is 12.7 Å². The number of nitrogens with two attached hydrogens (primary N) is 1. The van der Waals surface area contributed by atoms with Crippen LogP contribution in [0.25, 0.3) is 11.0 Å². The van der Waals surface area contributed by atoms with Gasteiger partial charge in [-0.3, -0.25) is 4.79 Å². The standard InChI is InChI=1S/C24H27NO4/c25-14-16-5-7-18(8-6-16)21-12-17(11-20-9-10-28-24(20)21)15-29-22-4-2-1-3-19(22)13-23(26)27/h1-4,9-12,16,18H,5-8,13-15,25H2,(H,26,27). The van der Waals surface area contributed by atoms with Crippen molar-refractivity contribution >= 4 is 16.9 Å². The van der Waals surface area contributed by atoms with Crippen molar-refractivity contribution in [3.05, 3.63) is 65.4 Å². The van der Waals surface area contributed by atoms with Crippen LogP contribution in [-0.2, 0) is 17.8 Å². The number of aliphatic carboxylic acids is 1. The van der Waals surface area contributed by atoms with Crippen LogP contribution in [-0.4, -0.2) is 17.6 Å². The maximum absolute atomic E-state index is 11.1. The molecule has 5 nitrogen and oxygen atoms in total. The second-order valence-corrected chi connectivity index (χ2v) is 7.94. The van der Waals surface area contributed by atoms with Gasteiger partial charge in [-0.15, -0.1) is 0 Å². The van der Waals surface area contributed by atoms with Crippen LogP contribution in [0.3, 0.4) is 0 Å². The molecule has 0 bridgehead atoms. The summed E-state index contributed by atoms with van der Waals surface area (Å²) in [6, 6.07) is 13.6. The Balaban J connectivity index is 1.55. The van der Waals surface area contributed by atoms with Crippen molar-refractivity contribution in [1.82, 2.24) is 0 Å². The third kappa shape index (κ3) is 4.46. The van der Waals surface area contributed by atoms with Gasteiger partial charge in [0.1, 0.15) is 17.9 Å². The highest BCUT2D eigenvalue weighted by Gasteiger charge is 2.24. The van der Waals surface area contributed by atoms with E-state index >= 15 is 0 Å². The molecule has 0 spiro atoms. The molecule has 1 aromatic heterocycles. The molecule has 1 aliphatic carbocycles. The first-order chi connectivity index (χ1) is 14.1. The van der Waals surface area contributed by atoms with Gasteiger partial charge in [-0.05, 0) is 79.5 Å². The van der Waals surface area contributed by atoms with E-state index in [1.807, 2.05) is 24.3 Å². The van der Waals surface area contributed by atoms with Crippen LogP contribution in [0.2, 0.25) is 0 Å². The Morgan fingerprint density at radius 3 is 2.69 bits per heavy atom. The summed E-state index contributed by atoms with van der Waals surface area (Å²) in [6.07, 6.45) is 6.27. The minimum absolute atomic E-state index is 0.0490. The number of carbonyl (C=O) groups is 1. The number of benzene rings is 2. The molecule has 5 heteroatoms. The van der Waals surface area contributed by atoms with E-state index in [-0.39, 0.29) is 6.42 Å². The molecule has 3 N–H and O–H groups in total. The molecular weight excluding hydrogens is 366 g/mol. The first-order valence-electron chi connectivity index (χ1n) is 10.3. The molecular formula is C24H27NO4. The lowest BCUT2D eigenvalue weighted by Gasteiger charge is -2.28. The van der Waals surface area contributed by atoms with Gasteiger partial charge >= 0.3 is 5.97 Å². The summed E-state index contributed by atoms with van der Waals surface area (Å²) in [5, 5.41) is 10.2. The van der Waals surface area contributed by atoms with Crippen LogP contribution < -0.4 is 10.5 Å². The molecule has 4 rings (SSSR count). The topological polar surface area (TPSA) is 85.7 Å². The van der Waals surface area contributed by atoms with Gasteiger partial charge in [-0.1, -0.05) is 18.2 Å². The molecule has 1 saturated carbocycles. The largest absolute Gasteiger partial charge is 0.489 e. The van der Waals surface area contributed by atoms with Gasteiger partial charge in [-0.25, -0.2) is 0 Å². The summed E-state index contributed by atoms with van der Waals surface area (Å²) in [5.41, 5.74) is 9.82. The SMILES string of the molecule is NCC1CCC(c2cc(COc3ccccc3CC(=O)O)cc3ccoc23)CC1. The van der Waals surface area contributed by atoms with E-state index < -0.39 is 5.97 Å². The fraction of sp³-hybridized carbons (Fsp3) is 0.375. The highest BCUT2D eigenvalue weighted by molar-refractivity contribution is 5.82. The van der Waals surface area contributed by atoms with E-state index in [2.05, 4.69) is 12.1 Å². The number of rotatable bonds is 7. The van der Waals surface area contributed by atoms with Crippen molar-refractivity contribution in [2.75, 3.05) is 6.54 Å². The third-order valence-electron chi connectivity index (χ3n) is 5.97. The molecule has 0 radical (unpaired) electrons. The minimum atomic E-state index is -0.865. The Morgan fingerprint density at radius 2 is 1.93 bits per heavy atom. The first kappa shape index (κ1) is 19.5. The molecule has 0 aliphatic heterocycles. The average molecular weight is 393 g/mol. The zero-order valence-electron chi connectivity index (χ0n) is 16.5. The number of para-hydroxylation sites is 1. The second-order valence-electron chi connectivity index (χ2n) is 7.94. The van der Waals surface area contributed by atoms with Crippen molar-refractivity contribution < 1.29 is 19.1 Å². The lowest BCUT2D eigenvalue weighted by molar-refractivity contribution is -0.136. The summed E-state index contributed by atoms with van der Waals surface area (Å²) in [6.45, 7) is 1.16. The normalized spacial score (nSPS) is 19.3. The zero-order chi connectivity index (χ0) is 20.2. The van der Waals surface area contributed by atoms with Crippen LogP contribution in [0.1, 0.15) is 48.3 Å². The third-order valence-corrected chi connectivity index (χ3v) is 5.97. The van der Waals surface area contributed by atoms with E-state index in [4.69, 9.17) is 20.0 Å². The molecule has 152 valence electrons. The number of hydrogen-bond donors (Lipinski definition) is 2. The molecule has 2 aromatic carbocycles. The van der Waals surface area contributed by atoms with Gasteiger partial charge in [0.15, 0.2) is 0 Å². The second kappa shape index (κ2) is 8.70. The van der Waals surface area contributed by atoms with Crippen molar-refractivity contribution in [3.63, 3.8) is 0 Å². The van der Waals surface area contributed by atoms with Crippen molar-refractivity contribution in [1.29, 1.82) is 0 Å². The molecule has 1 fully saturated rings. The Bertz CT molecular complexity index is 985. The molecule has 0 saturated heterocycles. The lowest BCUT2D eigenvalue weighted by atomic mass is 9.78. The molecule has 1 aliphatic rings. The first-order valence-corrected chi connectivity index (χ1v) is 10.3. The Hall–Kier alpha value is -2.79. The summed E-state index contributed by atoms with van der Waals surface area (Å²) < 4.78 is 11.8. The summed E-state index contributed by atoms with van der Waals surface area (Å²) in [5.74, 6) is 0.865. The van der Waals surface area contributed by atoms with Gasteiger partial charge in [0.25, 0.3) is 0 Å². The highest BCUT2D eigenvalue weighted by atomic mass is 16.5. The lowest BCUT2D eigenvalue weighted by Crippen LogP contribution is -2.20. The van der Waals surface area contributed by atoms with E-state index in [0.29, 0.717) is 29.8 Å². The molecule has 0 atom stereocenters. The Labute approximate surface area is 170 Å². The number of carboxylic acids is 1. The monoisotopic (exact) mass is 393 g/mol. The van der Waals surface area contributed by atoms with Crippen LogP contribution in [0.4, 0.5) is 0 Å². The van der Waals surface area contributed by atoms with Gasteiger partial charge in [-0.2, -0.15) is 0 Å². The summed E-state index contributed by atoms with van der Waals surface area (Å²) in [4.78, 5) is 11.1. The minimum Gasteiger partial charge on any atom is -0.489 e. The van der Waals surface area contributed by atoms with Crippen molar-refractivity contribution in [2.45, 2.75) is 44.6 Å². The highest BCUT2D eigenvalue weighted by Crippen LogP contribution is 2.39. The predicted molar refractivity (Wildman–Crippen MR) is 112 cm³/mol. The molecule has 1 heterocycles. The van der Waals surface area contributed by atoms with Crippen molar-refractivity contribution in [2.24, 2.45) is 11.7 Å². The fourth-order valence-corrected chi connectivity index (χ4v) is 4.38. The summed E-state index contributed by atoms with van der Waals surface area (Å²) >= 11 is 0. The number of ether oxygens (including phenoxy) is 1. The Kier molecular flexibility index (Phi) is 5.86. The molecule has 3 aromatic rings. The van der Waals surface area contributed by atoms with E-state index in [9.17, 15) is 4.79 Å². The predicted octanol–water partition coefficient (Wildman–Crippen LogP) is 4.87. The van der Waals surface area contributed by atoms with Crippen LogP contribution >= 0.6 is 0 Å². The average Bonchev–Trinajstić information content (AvgIpc) is 3.21. The Morgan fingerprint density at radius 1 is 1.14 bits per heavy atom. The van der Waals surface area contributed by atoms with Gasteiger partial charge < -0.3 is 20.0 Å². The van der Waals surface area contributed by atoms with Crippen LogP contribution in [0, 0.1) is 5.92 Å². The molecule has 0 unspecified atom stereocenters.